The van der Waals surface area contributed by atoms with E-state index < -0.39 is 5.97 Å². The minimum atomic E-state index is -0.438. The summed E-state index contributed by atoms with van der Waals surface area (Å²) in [4.78, 5) is 26.0. The Balaban J connectivity index is 1.80. The first-order valence-corrected chi connectivity index (χ1v) is 6.56. The van der Waals surface area contributed by atoms with E-state index in [4.69, 9.17) is 4.74 Å². The molecule has 0 bridgehead atoms. The lowest BCUT2D eigenvalue weighted by Crippen LogP contribution is -2.05. The fraction of sp³-hybridized carbons (Fsp3) is 0.0588. The minimum absolute atomic E-state index is 0.218. The third-order valence-corrected chi connectivity index (χ3v) is 3.25. The minimum Gasteiger partial charge on any atom is -0.456 e. The molecule has 0 atom stereocenters. The Morgan fingerprint density at radius 1 is 1.10 bits per heavy atom. The molecular formula is C17H13NO3. The van der Waals surface area contributed by atoms with Gasteiger partial charge in [0.25, 0.3) is 0 Å². The van der Waals surface area contributed by atoms with E-state index in [-0.39, 0.29) is 6.61 Å². The van der Waals surface area contributed by atoms with Crippen molar-refractivity contribution < 1.29 is 14.3 Å². The standard InChI is InChI=1S/C17H13NO3/c19-10-14-8-4-7-13-9-15(18-16(13)14)17(20)21-11-12-5-2-1-3-6-12/h1-10,18H,11H2. The van der Waals surface area contributed by atoms with Crippen LogP contribution in [0.2, 0.25) is 0 Å². The van der Waals surface area contributed by atoms with Crippen LogP contribution < -0.4 is 0 Å². The molecule has 0 saturated heterocycles. The number of hydrogen-bond donors (Lipinski definition) is 1. The number of esters is 1. The first-order valence-electron chi connectivity index (χ1n) is 6.56. The third-order valence-electron chi connectivity index (χ3n) is 3.25. The second-order valence-corrected chi connectivity index (χ2v) is 4.67. The largest absolute Gasteiger partial charge is 0.456 e. The van der Waals surface area contributed by atoms with Crippen LogP contribution in [0.25, 0.3) is 10.9 Å². The molecule has 21 heavy (non-hydrogen) atoms. The van der Waals surface area contributed by atoms with Crippen LogP contribution in [0.3, 0.4) is 0 Å². The Morgan fingerprint density at radius 2 is 1.90 bits per heavy atom. The zero-order valence-electron chi connectivity index (χ0n) is 11.2. The summed E-state index contributed by atoms with van der Waals surface area (Å²) in [6.07, 6.45) is 0.762. The van der Waals surface area contributed by atoms with Crippen molar-refractivity contribution in [2.75, 3.05) is 0 Å². The number of para-hydroxylation sites is 1. The molecule has 0 radical (unpaired) electrons. The highest BCUT2D eigenvalue weighted by Gasteiger charge is 2.12. The molecule has 4 heteroatoms. The lowest BCUT2D eigenvalue weighted by Gasteiger charge is -2.03. The number of benzene rings is 2. The number of fused-ring (bicyclic) bond motifs is 1. The number of carbonyl (C=O) groups excluding carboxylic acids is 2. The Kier molecular flexibility index (Phi) is 3.51. The first-order chi connectivity index (χ1) is 10.3. The van der Waals surface area contributed by atoms with Gasteiger partial charge in [-0.1, -0.05) is 42.5 Å². The van der Waals surface area contributed by atoms with Crippen molar-refractivity contribution in [3.8, 4) is 0 Å². The number of rotatable bonds is 4. The number of aromatic nitrogens is 1. The number of H-pyrrole nitrogens is 1. The highest BCUT2D eigenvalue weighted by atomic mass is 16.5. The maximum absolute atomic E-state index is 12.0. The lowest BCUT2D eigenvalue weighted by atomic mass is 10.2. The van der Waals surface area contributed by atoms with Gasteiger partial charge in [-0.15, -0.1) is 0 Å². The summed E-state index contributed by atoms with van der Waals surface area (Å²) in [6, 6.07) is 16.5. The van der Waals surface area contributed by atoms with Gasteiger partial charge >= 0.3 is 5.97 Å². The van der Waals surface area contributed by atoms with Crippen LogP contribution in [0.15, 0.2) is 54.6 Å². The van der Waals surface area contributed by atoms with E-state index in [9.17, 15) is 9.59 Å². The van der Waals surface area contributed by atoms with Crippen LogP contribution in [0.1, 0.15) is 26.4 Å². The Hall–Kier alpha value is -2.88. The topological polar surface area (TPSA) is 59.2 Å². The highest BCUT2D eigenvalue weighted by Crippen LogP contribution is 2.19. The van der Waals surface area contributed by atoms with Crippen LogP contribution in [0, 0.1) is 0 Å². The summed E-state index contributed by atoms with van der Waals surface area (Å²) < 4.78 is 5.26. The van der Waals surface area contributed by atoms with E-state index in [1.807, 2.05) is 36.4 Å². The molecule has 0 saturated carbocycles. The summed E-state index contributed by atoms with van der Waals surface area (Å²) >= 11 is 0. The van der Waals surface area contributed by atoms with Crippen LogP contribution >= 0.6 is 0 Å². The number of ether oxygens (including phenoxy) is 1. The predicted molar refractivity (Wildman–Crippen MR) is 79.2 cm³/mol. The van der Waals surface area contributed by atoms with Crippen LogP contribution in [0.4, 0.5) is 0 Å². The molecule has 0 aliphatic heterocycles. The molecule has 0 unspecified atom stereocenters. The molecule has 2 aromatic carbocycles. The molecule has 0 spiro atoms. The van der Waals surface area contributed by atoms with Crippen molar-refractivity contribution in [3.63, 3.8) is 0 Å². The van der Waals surface area contributed by atoms with Gasteiger partial charge in [0.2, 0.25) is 0 Å². The molecule has 104 valence electrons. The predicted octanol–water partition coefficient (Wildman–Crippen LogP) is 3.34. The van der Waals surface area contributed by atoms with Gasteiger partial charge in [-0.2, -0.15) is 0 Å². The number of nitrogens with one attached hydrogen (secondary N) is 1. The van der Waals surface area contributed by atoms with E-state index in [0.717, 1.165) is 17.2 Å². The molecule has 1 aromatic heterocycles. The number of hydrogen-bond acceptors (Lipinski definition) is 3. The zero-order valence-corrected chi connectivity index (χ0v) is 11.2. The van der Waals surface area contributed by atoms with Gasteiger partial charge in [0, 0.05) is 10.9 Å². The number of aldehydes is 1. The molecule has 1 N–H and O–H groups in total. The van der Waals surface area contributed by atoms with E-state index in [0.29, 0.717) is 16.8 Å². The van der Waals surface area contributed by atoms with Crippen molar-refractivity contribution >= 4 is 23.2 Å². The summed E-state index contributed by atoms with van der Waals surface area (Å²) in [5.41, 5.74) is 2.44. The molecule has 0 aliphatic rings. The average molecular weight is 279 g/mol. The Morgan fingerprint density at radius 3 is 2.67 bits per heavy atom. The maximum Gasteiger partial charge on any atom is 0.355 e. The molecule has 4 nitrogen and oxygen atoms in total. The molecule has 0 aliphatic carbocycles. The third kappa shape index (κ3) is 2.69. The normalized spacial score (nSPS) is 10.5. The molecule has 0 fully saturated rings. The molecule has 1 heterocycles. The van der Waals surface area contributed by atoms with Gasteiger partial charge in [0.15, 0.2) is 6.29 Å². The molecular weight excluding hydrogens is 266 g/mol. The monoisotopic (exact) mass is 279 g/mol. The van der Waals surface area contributed by atoms with E-state index >= 15 is 0 Å². The van der Waals surface area contributed by atoms with Gasteiger partial charge in [0.1, 0.15) is 12.3 Å². The lowest BCUT2D eigenvalue weighted by molar-refractivity contribution is 0.0466. The van der Waals surface area contributed by atoms with Gasteiger partial charge < -0.3 is 9.72 Å². The summed E-state index contributed by atoms with van der Waals surface area (Å²) in [5.74, 6) is -0.438. The first kappa shape index (κ1) is 13.1. The van der Waals surface area contributed by atoms with Gasteiger partial charge in [0.05, 0.1) is 5.52 Å². The van der Waals surface area contributed by atoms with Crippen molar-refractivity contribution in [2.45, 2.75) is 6.61 Å². The van der Waals surface area contributed by atoms with Gasteiger partial charge in [-0.05, 0) is 17.7 Å². The molecule has 0 amide bonds. The van der Waals surface area contributed by atoms with Crippen LogP contribution in [-0.4, -0.2) is 17.2 Å². The number of carbonyl (C=O) groups is 2. The van der Waals surface area contributed by atoms with Crippen LogP contribution in [0.5, 0.6) is 0 Å². The van der Waals surface area contributed by atoms with Gasteiger partial charge in [-0.3, -0.25) is 4.79 Å². The second-order valence-electron chi connectivity index (χ2n) is 4.67. The van der Waals surface area contributed by atoms with Crippen molar-refractivity contribution in [3.05, 3.63) is 71.4 Å². The van der Waals surface area contributed by atoms with Crippen molar-refractivity contribution in [2.24, 2.45) is 0 Å². The molecule has 3 rings (SSSR count). The number of aromatic amines is 1. The second kappa shape index (κ2) is 5.63. The average Bonchev–Trinajstić information content (AvgIpc) is 2.97. The Labute approximate surface area is 121 Å². The van der Waals surface area contributed by atoms with Crippen LogP contribution in [-0.2, 0) is 11.3 Å². The summed E-state index contributed by atoms with van der Waals surface area (Å²) in [7, 11) is 0. The summed E-state index contributed by atoms with van der Waals surface area (Å²) in [6.45, 7) is 0.218. The van der Waals surface area contributed by atoms with E-state index in [1.165, 1.54) is 0 Å². The van der Waals surface area contributed by atoms with Crippen molar-refractivity contribution in [1.29, 1.82) is 0 Å². The quantitative estimate of drug-likeness (QED) is 0.588. The summed E-state index contributed by atoms with van der Waals surface area (Å²) in [5, 5.41) is 0.811. The smallest absolute Gasteiger partial charge is 0.355 e. The fourth-order valence-corrected chi connectivity index (χ4v) is 2.19. The fourth-order valence-electron chi connectivity index (χ4n) is 2.19. The Bertz CT molecular complexity index is 790. The van der Waals surface area contributed by atoms with Gasteiger partial charge in [-0.25, -0.2) is 4.79 Å². The maximum atomic E-state index is 12.0. The molecule has 3 aromatic rings. The van der Waals surface area contributed by atoms with E-state index in [2.05, 4.69) is 4.98 Å². The SMILES string of the molecule is O=Cc1cccc2cc(C(=O)OCc3ccccc3)[nH]c12. The van der Waals surface area contributed by atoms with E-state index in [1.54, 1.807) is 18.2 Å². The highest BCUT2D eigenvalue weighted by molar-refractivity contribution is 6.01. The zero-order chi connectivity index (χ0) is 14.7. The van der Waals surface area contributed by atoms with Crippen molar-refractivity contribution in [1.82, 2.24) is 4.98 Å².